The third-order valence-electron chi connectivity index (χ3n) is 2.00. The van der Waals surface area contributed by atoms with Crippen LogP contribution in [0.1, 0.15) is 20.8 Å². The summed E-state index contributed by atoms with van der Waals surface area (Å²) in [6, 6.07) is 0. The van der Waals surface area contributed by atoms with E-state index in [0.29, 0.717) is 0 Å². The molecule has 0 aliphatic rings. The van der Waals surface area contributed by atoms with Gasteiger partial charge in [0.2, 0.25) is 5.91 Å². The van der Waals surface area contributed by atoms with Crippen LogP contribution in [0.15, 0.2) is 0 Å². The third-order valence-corrected chi connectivity index (χ3v) is 2.00. The number of hydrogen-bond donors (Lipinski definition) is 0. The molecule has 1 amide bonds. The number of amides is 1. The highest BCUT2D eigenvalue weighted by Crippen LogP contribution is 2.40. The van der Waals surface area contributed by atoms with Crippen molar-refractivity contribution in [2.75, 3.05) is 14.1 Å². The van der Waals surface area contributed by atoms with Crippen molar-refractivity contribution in [3.8, 4) is 0 Å². The predicted molar refractivity (Wildman–Crippen MR) is 52.4 cm³/mol. The highest BCUT2D eigenvalue weighted by atomic mass is 16.2. The molecule has 0 atom stereocenters. The largest absolute Gasteiger partial charge is 0.350 e. The first-order valence-electron chi connectivity index (χ1n) is 3.90. The first-order chi connectivity index (χ1) is 5.10. The number of rotatable bonds is 1. The topological polar surface area (TPSA) is 20.3 Å². The molecule has 0 bridgehead atoms. The third kappa shape index (κ3) is 2.05. The summed E-state index contributed by atoms with van der Waals surface area (Å²) in [5.41, 5.74) is -0.436. The molecule has 4 heteroatoms. The quantitative estimate of drug-likeness (QED) is 0.517. The van der Waals surface area contributed by atoms with Gasteiger partial charge in [-0.15, -0.1) is 0 Å². The van der Waals surface area contributed by atoms with Crippen LogP contribution in [0, 0.1) is 5.41 Å². The van der Waals surface area contributed by atoms with Crippen molar-refractivity contribution in [3.05, 3.63) is 0 Å². The van der Waals surface area contributed by atoms with Crippen LogP contribution < -0.4 is 0 Å². The molecular weight excluding hydrogens is 148 g/mol. The maximum absolute atomic E-state index is 11.5. The van der Waals surface area contributed by atoms with E-state index in [0.717, 1.165) is 0 Å². The van der Waals surface area contributed by atoms with Gasteiger partial charge in [-0.2, -0.15) is 0 Å². The Morgan fingerprint density at radius 3 is 1.58 bits per heavy atom. The minimum Gasteiger partial charge on any atom is -0.350 e. The molecule has 0 aliphatic heterocycles. The van der Waals surface area contributed by atoms with Crippen molar-refractivity contribution in [3.63, 3.8) is 0 Å². The average Bonchev–Trinajstić information content (AvgIpc) is 1.83. The van der Waals surface area contributed by atoms with E-state index in [1.165, 1.54) is 4.90 Å². The van der Waals surface area contributed by atoms with Crippen LogP contribution >= 0.6 is 0 Å². The normalized spacial score (nSPS) is 12.8. The van der Waals surface area contributed by atoms with Gasteiger partial charge in [-0.1, -0.05) is 20.8 Å². The molecule has 0 aliphatic carbocycles. The van der Waals surface area contributed by atoms with Crippen LogP contribution in [0.25, 0.3) is 0 Å². The van der Waals surface area contributed by atoms with E-state index in [9.17, 15) is 4.79 Å². The maximum atomic E-state index is 11.5. The Labute approximate surface area is 77.5 Å². The molecule has 0 aromatic rings. The van der Waals surface area contributed by atoms with Crippen LogP contribution in [-0.2, 0) is 4.79 Å². The van der Waals surface area contributed by atoms with Crippen LogP contribution in [0.4, 0.5) is 0 Å². The Balaban J connectivity index is 4.74. The minimum atomic E-state index is -1.30. The van der Waals surface area contributed by atoms with Gasteiger partial charge in [0.15, 0.2) is 0 Å². The lowest BCUT2D eigenvalue weighted by atomic mass is 9.43. The Bertz CT molecular complexity index is 182. The number of nitrogens with zero attached hydrogens (tertiary/aromatic N) is 1. The van der Waals surface area contributed by atoms with Gasteiger partial charge in [0.05, 0.1) is 15.7 Å². The van der Waals surface area contributed by atoms with Crippen molar-refractivity contribution in [2.45, 2.75) is 26.0 Å². The summed E-state index contributed by atoms with van der Waals surface area (Å²) in [7, 11) is 14.7. The fraction of sp³-hybridized carbons (Fsp3) is 0.875. The molecule has 64 valence electrons. The van der Waals surface area contributed by atoms with E-state index < -0.39 is 10.6 Å². The van der Waals surface area contributed by atoms with Crippen molar-refractivity contribution in [1.82, 2.24) is 4.90 Å². The highest BCUT2D eigenvalue weighted by Gasteiger charge is 2.39. The molecule has 0 unspecified atom stereocenters. The van der Waals surface area contributed by atoms with Gasteiger partial charge in [-0.25, -0.2) is 0 Å². The van der Waals surface area contributed by atoms with Crippen molar-refractivity contribution >= 4 is 21.6 Å². The molecular formula is C8H15B2NO. The first kappa shape index (κ1) is 11.6. The highest BCUT2D eigenvalue weighted by molar-refractivity contribution is 6.51. The predicted octanol–water partition coefficient (Wildman–Crippen LogP) is 0.574. The monoisotopic (exact) mass is 163 g/mol. The van der Waals surface area contributed by atoms with Gasteiger partial charge < -0.3 is 4.90 Å². The lowest BCUT2D eigenvalue weighted by Gasteiger charge is -2.40. The lowest BCUT2D eigenvalue weighted by Crippen LogP contribution is -2.43. The second-order valence-electron chi connectivity index (χ2n) is 4.32. The molecule has 0 saturated carbocycles. The summed E-state index contributed by atoms with van der Waals surface area (Å²) >= 11 is 0. The molecule has 0 saturated heterocycles. The summed E-state index contributed by atoms with van der Waals surface area (Å²) in [6.07, 6.45) is 0. The fourth-order valence-corrected chi connectivity index (χ4v) is 0.691. The van der Waals surface area contributed by atoms with E-state index in [-0.39, 0.29) is 5.91 Å². The van der Waals surface area contributed by atoms with Gasteiger partial charge in [0, 0.05) is 14.1 Å². The minimum absolute atomic E-state index is 0.255. The Hall–Kier alpha value is -0.400. The van der Waals surface area contributed by atoms with E-state index in [1.54, 1.807) is 14.1 Å². The first-order valence-corrected chi connectivity index (χ1v) is 3.90. The van der Waals surface area contributed by atoms with Crippen molar-refractivity contribution < 1.29 is 4.79 Å². The Morgan fingerprint density at radius 2 is 1.50 bits per heavy atom. The summed E-state index contributed by atoms with van der Waals surface area (Å²) in [5, 5.41) is -1.30. The lowest BCUT2D eigenvalue weighted by molar-refractivity contribution is -0.131. The van der Waals surface area contributed by atoms with E-state index in [1.807, 2.05) is 20.8 Å². The Kier molecular flexibility index (Phi) is 3.05. The zero-order valence-electron chi connectivity index (χ0n) is 8.51. The molecule has 0 N–H and O–H groups in total. The number of carbonyl (C=O) groups is 1. The van der Waals surface area contributed by atoms with E-state index in [4.69, 9.17) is 15.7 Å². The van der Waals surface area contributed by atoms with Gasteiger partial charge in [-0.3, -0.25) is 4.79 Å². The van der Waals surface area contributed by atoms with Gasteiger partial charge in [0.25, 0.3) is 0 Å². The van der Waals surface area contributed by atoms with Crippen molar-refractivity contribution in [1.29, 1.82) is 0 Å². The van der Waals surface area contributed by atoms with Gasteiger partial charge in [-0.05, 0) is 10.6 Å². The Morgan fingerprint density at radius 1 is 1.17 bits per heavy atom. The zero-order chi connectivity index (χ0) is 10.2. The molecule has 0 aromatic carbocycles. The SMILES string of the molecule is [B]C([B])(C(=O)N(C)C)C(C)(C)C. The molecule has 0 aromatic heterocycles. The second kappa shape index (κ2) is 3.15. The zero-order valence-corrected chi connectivity index (χ0v) is 8.51. The van der Waals surface area contributed by atoms with Crippen LogP contribution in [-0.4, -0.2) is 40.6 Å². The molecule has 0 spiro atoms. The molecule has 0 fully saturated rings. The number of hydrogen-bond acceptors (Lipinski definition) is 1. The van der Waals surface area contributed by atoms with E-state index >= 15 is 0 Å². The summed E-state index contributed by atoms with van der Waals surface area (Å²) in [6.45, 7) is 5.52. The summed E-state index contributed by atoms with van der Waals surface area (Å²) < 4.78 is 0. The molecule has 4 radical (unpaired) electrons. The summed E-state index contributed by atoms with van der Waals surface area (Å²) in [5.74, 6) is -0.255. The molecule has 0 rings (SSSR count). The second-order valence-corrected chi connectivity index (χ2v) is 4.32. The standard InChI is InChI=1S/C8H15B2NO/c1-7(2,3)8(9,10)6(12)11(4)5/h1-5H3. The van der Waals surface area contributed by atoms with Crippen LogP contribution in [0.2, 0.25) is 5.21 Å². The fourth-order valence-electron chi connectivity index (χ4n) is 0.691. The molecule has 0 heterocycles. The smallest absolute Gasteiger partial charge is 0.211 e. The van der Waals surface area contributed by atoms with Crippen LogP contribution in [0.5, 0.6) is 0 Å². The molecule has 12 heavy (non-hydrogen) atoms. The average molecular weight is 163 g/mol. The maximum Gasteiger partial charge on any atom is 0.211 e. The van der Waals surface area contributed by atoms with Crippen LogP contribution in [0.3, 0.4) is 0 Å². The van der Waals surface area contributed by atoms with Gasteiger partial charge in [0.1, 0.15) is 0 Å². The molecule has 2 nitrogen and oxygen atoms in total. The number of carbonyl (C=O) groups excluding carboxylic acids is 1. The van der Waals surface area contributed by atoms with Crippen molar-refractivity contribution in [2.24, 2.45) is 5.41 Å². The summed E-state index contributed by atoms with van der Waals surface area (Å²) in [4.78, 5) is 12.9. The van der Waals surface area contributed by atoms with Gasteiger partial charge >= 0.3 is 0 Å². The van der Waals surface area contributed by atoms with E-state index in [2.05, 4.69) is 0 Å².